The first-order valence-electron chi connectivity index (χ1n) is 7.89. The summed E-state index contributed by atoms with van der Waals surface area (Å²) in [4.78, 5) is 13.4. The predicted molar refractivity (Wildman–Crippen MR) is 91.9 cm³/mol. The van der Waals surface area contributed by atoms with Gasteiger partial charge in [-0.2, -0.15) is 0 Å². The van der Waals surface area contributed by atoms with Crippen LogP contribution in [-0.2, 0) is 12.8 Å². The van der Waals surface area contributed by atoms with Gasteiger partial charge in [-0.15, -0.1) is 0 Å². The zero-order chi connectivity index (χ0) is 15.5. The van der Waals surface area contributed by atoms with Gasteiger partial charge >= 0.3 is 0 Å². The fourth-order valence-electron chi connectivity index (χ4n) is 2.96. The van der Waals surface area contributed by atoms with E-state index in [2.05, 4.69) is 27.1 Å². The molecule has 0 fully saturated rings. The second-order valence-corrected chi connectivity index (χ2v) is 5.77. The van der Waals surface area contributed by atoms with Crippen molar-refractivity contribution in [1.82, 2.24) is 15.0 Å². The molecule has 0 radical (unpaired) electrons. The summed E-state index contributed by atoms with van der Waals surface area (Å²) < 4.78 is 0. The summed E-state index contributed by atoms with van der Waals surface area (Å²) in [5.74, 6) is 0.766. The van der Waals surface area contributed by atoms with Crippen molar-refractivity contribution >= 4 is 6.08 Å². The van der Waals surface area contributed by atoms with Crippen LogP contribution in [-0.4, -0.2) is 15.0 Å². The van der Waals surface area contributed by atoms with Gasteiger partial charge in [0.25, 0.3) is 0 Å². The van der Waals surface area contributed by atoms with Gasteiger partial charge < -0.3 is 0 Å². The van der Waals surface area contributed by atoms with Crippen LogP contribution in [0, 0.1) is 0 Å². The summed E-state index contributed by atoms with van der Waals surface area (Å²) in [6, 6.07) is 10.0. The maximum atomic E-state index is 4.51. The Bertz CT molecular complexity index is 837. The maximum Gasteiger partial charge on any atom is 0.159 e. The van der Waals surface area contributed by atoms with E-state index in [0.29, 0.717) is 0 Å². The summed E-state index contributed by atoms with van der Waals surface area (Å²) in [5.41, 5.74) is 6.05. The molecule has 0 spiro atoms. The Hall–Kier alpha value is -2.81. The van der Waals surface area contributed by atoms with Gasteiger partial charge in [0.2, 0.25) is 0 Å². The van der Waals surface area contributed by atoms with E-state index < -0.39 is 0 Å². The molecule has 1 aliphatic carbocycles. The van der Waals surface area contributed by atoms with Gasteiger partial charge in [0, 0.05) is 36.8 Å². The predicted octanol–water partition coefficient (Wildman–Crippen LogP) is 4.09. The van der Waals surface area contributed by atoms with Crippen molar-refractivity contribution in [3.63, 3.8) is 0 Å². The molecule has 3 aromatic rings. The normalized spacial score (nSPS) is 12.9. The fourth-order valence-corrected chi connectivity index (χ4v) is 2.96. The highest BCUT2D eigenvalue weighted by molar-refractivity contribution is 5.60. The fraction of sp³-hybridized carbons (Fsp3) is 0.150. The minimum atomic E-state index is 0.766. The summed E-state index contributed by atoms with van der Waals surface area (Å²) in [7, 11) is 0. The third-order valence-electron chi connectivity index (χ3n) is 4.15. The van der Waals surface area contributed by atoms with Crippen molar-refractivity contribution in [2.45, 2.75) is 19.3 Å². The maximum absolute atomic E-state index is 4.51. The van der Waals surface area contributed by atoms with Crippen LogP contribution in [0.25, 0.3) is 17.5 Å². The molecule has 2 heterocycles. The lowest BCUT2D eigenvalue weighted by Gasteiger charge is -2.14. The van der Waals surface area contributed by atoms with Crippen LogP contribution in [0.2, 0.25) is 0 Å². The first-order valence-corrected chi connectivity index (χ1v) is 7.89. The van der Waals surface area contributed by atoms with Gasteiger partial charge in [0.15, 0.2) is 5.82 Å². The molecule has 3 heteroatoms. The molecule has 0 N–H and O–H groups in total. The topological polar surface area (TPSA) is 38.7 Å². The number of fused-ring (bicyclic) bond motifs is 1. The number of hydrogen-bond acceptors (Lipinski definition) is 3. The zero-order valence-electron chi connectivity index (χ0n) is 12.8. The lowest BCUT2D eigenvalue weighted by molar-refractivity contribution is 0.952. The first kappa shape index (κ1) is 13.8. The molecule has 0 saturated carbocycles. The number of aromatic nitrogens is 3. The highest BCUT2D eigenvalue weighted by Gasteiger charge is 2.10. The van der Waals surface area contributed by atoms with Crippen molar-refractivity contribution in [2.24, 2.45) is 0 Å². The Morgan fingerprint density at radius 3 is 2.57 bits per heavy atom. The Kier molecular flexibility index (Phi) is 3.68. The van der Waals surface area contributed by atoms with Crippen LogP contribution in [0.3, 0.4) is 0 Å². The van der Waals surface area contributed by atoms with Crippen molar-refractivity contribution in [1.29, 1.82) is 0 Å². The Morgan fingerprint density at radius 2 is 1.74 bits per heavy atom. The third kappa shape index (κ3) is 2.90. The van der Waals surface area contributed by atoms with Crippen LogP contribution in [0.4, 0.5) is 0 Å². The number of aryl methyl sites for hydroxylation is 1. The van der Waals surface area contributed by atoms with Crippen LogP contribution >= 0.6 is 0 Å². The van der Waals surface area contributed by atoms with Gasteiger partial charge in [-0.05, 0) is 35.1 Å². The van der Waals surface area contributed by atoms with Crippen molar-refractivity contribution < 1.29 is 0 Å². The molecule has 112 valence electrons. The van der Waals surface area contributed by atoms with Gasteiger partial charge in [-0.1, -0.05) is 42.5 Å². The number of pyridine rings is 1. The average Bonchev–Trinajstić information content (AvgIpc) is 2.63. The molecule has 0 amide bonds. The highest BCUT2D eigenvalue weighted by Crippen LogP contribution is 2.23. The summed E-state index contributed by atoms with van der Waals surface area (Å²) in [6.07, 6.45) is 15.2. The standard InChI is InChI=1S/C20H17N3/c1-2-6-16(7-3-1)20-22-11-15(12-23-20)10-18-14-21-13-17-8-4-5-9-19(17)18/h1-3,5-7,9,11-14H,4,8,10H2. The van der Waals surface area contributed by atoms with E-state index in [-0.39, 0.29) is 0 Å². The van der Waals surface area contributed by atoms with E-state index in [9.17, 15) is 0 Å². The summed E-state index contributed by atoms with van der Waals surface area (Å²) in [5, 5.41) is 0. The minimum Gasteiger partial charge on any atom is -0.264 e. The first-order chi connectivity index (χ1) is 11.4. The number of benzene rings is 1. The van der Waals surface area contributed by atoms with Gasteiger partial charge in [0.05, 0.1) is 0 Å². The molecule has 1 aromatic carbocycles. The van der Waals surface area contributed by atoms with Gasteiger partial charge in [-0.3, -0.25) is 4.98 Å². The third-order valence-corrected chi connectivity index (χ3v) is 4.15. The average molecular weight is 299 g/mol. The zero-order valence-corrected chi connectivity index (χ0v) is 12.8. The molecule has 0 atom stereocenters. The van der Waals surface area contributed by atoms with Crippen molar-refractivity contribution in [2.75, 3.05) is 0 Å². The van der Waals surface area contributed by atoms with Crippen LogP contribution < -0.4 is 0 Å². The van der Waals surface area contributed by atoms with E-state index in [4.69, 9.17) is 0 Å². The SMILES string of the molecule is C1=Cc2c(cncc2Cc2cnc(-c3ccccc3)nc2)CC1. The Labute approximate surface area is 135 Å². The van der Waals surface area contributed by atoms with E-state index >= 15 is 0 Å². The van der Waals surface area contributed by atoms with E-state index in [0.717, 1.165) is 36.2 Å². The summed E-state index contributed by atoms with van der Waals surface area (Å²) in [6.45, 7) is 0. The van der Waals surface area contributed by atoms with E-state index in [1.165, 1.54) is 16.7 Å². The summed E-state index contributed by atoms with van der Waals surface area (Å²) >= 11 is 0. The number of hydrogen-bond donors (Lipinski definition) is 0. The van der Waals surface area contributed by atoms with Gasteiger partial charge in [0.1, 0.15) is 0 Å². The number of rotatable bonds is 3. The van der Waals surface area contributed by atoms with Crippen LogP contribution in [0.1, 0.15) is 28.7 Å². The molecule has 1 aliphatic rings. The number of allylic oxidation sites excluding steroid dienone is 1. The van der Waals surface area contributed by atoms with E-state index in [1.807, 2.05) is 55.1 Å². The molecule has 0 unspecified atom stereocenters. The van der Waals surface area contributed by atoms with Crippen molar-refractivity contribution in [3.05, 3.63) is 83.4 Å². The van der Waals surface area contributed by atoms with Crippen LogP contribution in [0.5, 0.6) is 0 Å². The quantitative estimate of drug-likeness (QED) is 0.731. The lowest BCUT2D eigenvalue weighted by atomic mass is 9.93. The molecule has 0 aliphatic heterocycles. The van der Waals surface area contributed by atoms with Crippen LogP contribution in [0.15, 0.2) is 61.2 Å². The molecule has 4 rings (SSSR count). The highest BCUT2D eigenvalue weighted by atomic mass is 14.9. The molecule has 23 heavy (non-hydrogen) atoms. The largest absolute Gasteiger partial charge is 0.264 e. The smallest absolute Gasteiger partial charge is 0.159 e. The second-order valence-electron chi connectivity index (χ2n) is 5.77. The molecular formula is C20H17N3. The van der Waals surface area contributed by atoms with E-state index in [1.54, 1.807) is 0 Å². The molecule has 3 nitrogen and oxygen atoms in total. The Morgan fingerprint density at radius 1 is 0.913 bits per heavy atom. The molecule has 0 saturated heterocycles. The molecular weight excluding hydrogens is 282 g/mol. The minimum absolute atomic E-state index is 0.766. The Balaban J connectivity index is 1.60. The lowest BCUT2D eigenvalue weighted by Crippen LogP contribution is -2.02. The second kappa shape index (κ2) is 6.13. The monoisotopic (exact) mass is 299 g/mol. The van der Waals surface area contributed by atoms with Gasteiger partial charge in [-0.25, -0.2) is 9.97 Å². The number of nitrogens with zero attached hydrogens (tertiary/aromatic N) is 3. The molecule has 2 aromatic heterocycles. The van der Waals surface area contributed by atoms with Crippen molar-refractivity contribution in [3.8, 4) is 11.4 Å². The molecule has 0 bridgehead atoms.